The van der Waals surface area contributed by atoms with Crippen LogP contribution in [0.1, 0.15) is 22.9 Å². The normalized spacial score (nSPS) is 12.3. The zero-order valence-electron chi connectivity index (χ0n) is 9.80. The molecule has 1 aromatic heterocycles. The molecule has 4 heteroatoms. The zero-order chi connectivity index (χ0) is 13.0. The third kappa shape index (κ3) is 3.67. The van der Waals surface area contributed by atoms with Gasteiger partial charge in [0.25, 0.3) is 0 Å². The Hall–Kier alpha value is -1.16. The smallest absolute Gasteiger partial charge is 0.139 e. The Kier molecular flexibility index (Phi) is 4.53. The molecule has 0 aliphatic rings. The van der Waals surface area contributed by atoms with Crippen LogP contribution in [0.5, 0.6) is 0 Å². The maximum Gasteiger partial charge on any atom is 0.139 e. The Bertz CT molecular complexity index is 524. The standard InChI is InChI=1S/C14H14ClNOS/c15-14-7-6-12(18-14)8-11(17)9-13(16)10-4-2-1-3-5-10/h1-7,13H,8-9,16H2. The van der Waals surface area contributed by atoms with Crippen LogP contribution in [0.3, 0.4) is 0 Å². The first-order valence-electron chi connectivity index (χ1n) is 5.71. The molecule has 18 heavy (non-hydrogen) atoms. The minimum absolute atomic E-state index is 0.143. The van der Waals surface area contributed by atoms with Gasteiger partial charge in [-0.25, -0.2) is 0 Å². The SMILES string of the molecule is NC(CC(=O)Cc1ccc(Cl)s1)c1ccccc1. The number of ketones is 1. The second kappa shape index (κ2) is 6.14. The van der Waals surface area contributed by atoms with Crippen molar-refractivity contribution in [2.75, 3.05) is 0 Å². The van der Waals surface area contributed by atoms with Crippen molar-refractivity contribution < 1.29 is 4.79 Å². The van der Waals surface area contributed by atoms with E-state index in [1.807, 2.05) is 42.5 Å². The summed E-state index contributed by atoms with van der Waals surface area (Å²) in [6.07, 6.45) is 0.775. The summed E-state index contributed by atoms with van der Waals surface area (Å²) < 4.78 is 0.713. The van der Waals surface area contributed by atoms with E-state index in [9.17, 15) is 4.79 Å². The molecule has 94 valence electrons. The molecule has 0 bridgehead atoms. The van der Waals surface area contributed by atoms with Crippen LogP contribution < -0.4 is 5.73 Å². The number of benzene rings is 1. The van der Waals surface area contributed by atoms with Crippen molar-refractivity contribution in [3.8, 4) is 0 Å². The molecule has 1 aromatic carbocycles. The van der Waals surface area contributed by atoms with Gasteiger partial charge in [-0.1, -0.05) is 41.9 Å². The Morgan fingerprint density at radius 2 is 1.94 bits per heavy atom. The largest absolute Gasteiger partial charge is 0.324 e. The van der Waals surface area contributed by atoms with Crippen molar-refractivity contribution in [3.63, 3.8) is 0 Å². The fourth-order valence-electron chi connectivity index (χ4n) is 1.78. The summed E-state index contributed by atoms with van der Waals surface area (Å²) in [6, 6.07) is 13.2. The quantitative estimate of drug-likeness (QED) is 0.909. The van der Waals surface area contributed by atoms with E-state index in [2.05, 4.69) is 0 Å². The predicted molar refractivity (Wildman–Crippen MR) is 76.0 cm³/mol. The first kappa shape index (κ1) is 13.3. The lowest BCUT2D eigenvalue weighted by Gasteiger charge is -2.10. The molecule has 0 aliphatic heterocycles. The predicted octanol–water partition coefficient (Wildman–Crippen LogP) is 3.60. The van der Waals surface area contributed by atoms with E-state index in [0.29, 0.717) is 17.2 Å². The molecule has 0 aliphatic carbocycles. The maximum atomic E-state index is 11.9. The lowest BCUT2D eigenvalue weighted by atomic mass is 10.0. The van der Waals surface area contributed by atoms with E-state index in [-0.39, 0.29) is 11.8 Å². The molecule has 0 spiro atoms. The number of halogens is 1. The molecule has 2 aromatic rings. The molecule has 1 heterocycles. The van der Waals surface area contributed by atoms with Crippen molar-refractivity contribution >= 4 is 28.7 Å². The van der Waals surface area contributed by atoms with Gasteiger partial charge in [-0.2, -0.15) is 0 Å². The van der Waals surface area contributed by atoms with Crippen molar-refractivity contribution in [2.24, 2.45) is 5.73 Å². The first-order chi connectivity index (χ1) is 8.65. The molecule has 1 atom stereocenters. The molecule has 0 radical (unpaired) electrons. The monoisotopic (exact) mass is 279 g/mol. The average Bonchev–Trinajstić information content (AvgIpc) is 2.75. The van der Waals surface area contributed by atoms with Gasteiger partial charge in [0, 0.05) is 23.8 Å². The summed E-state index contributed by atoms with van der Waals surface area (Å²) in [5, 5.41) is 0. The number of Topliss-reactive ketones (excluding diaryl/α,β-unsaturated/α-hetero) is 1. The second-order valence-electron chi connectivity index (χ2n) is 4.14. The van der Waals surface area contributed by atoms with Gasteiger partial charge in [0.1, 0.15) is 5.78 Å². The van der Waals surface area contributed by atoms with Crippen LogP contribution in [0.25, 0.3) is 0 Å². The number of nitrogens with two attached hydrogens (primary N) is 1. The highest BCUT2D eigenvalue weighted by Gasteiger charge is 2.12. The fourth-order valence-corrected chi connectivity index (χ4v) is 2.89. The minimum atomic E-state index is -0.228. The van der Waals surface area contributed by atoms with Crippen molar-refractivity contribution in [1.82, 2.24) is 0 Å². The fraction of sp³-hybridized carbons (Fsp3) is 0.214. The van der Waals surface area contributed by atoms with Crippen molar-refractivity contribution in [2.45, 2.75) is 18.9 Å². The van der Waals surface area contributed by atoms with Crippen molar-refractivity contribution in [1.29, 1.82) is 0 Å². The van der Waals surface area contributed by atoms with Gasteiger partial charge in [-0.05, 0) is 17.7 Å². The number of hydrogen-bond acceptors (Lipinski definition) is 3. The third-order valence-electron chi connectivity index (χ3n) is 2.68. The molecule has 1 unspecified atom stereocenters. The Balaban J connectivity index is 1.92. The van der Waals surface area contributed by atoms with E-state index in [1.54, 1.807) is 0 Å². The molecule has 2 nitrogen and oxygen atoms in total. The van der Waals surface area contributed by atoms with Crippen LogP contribution >= 0.6 is 22.9 Å². The number of carbonyl (C=O) groups is 1. The van der Waals surface area contributed by atoms with E-state index in [0.717, 1.165) is 10.4 Å². The number of carbonyl (C=O) groups excluding carboxylic acids is 1. The summed E-state index contributed by atoms with van der Waals surface area (Å²) in [6.45, 7) is 0. The third-order valence-corrected chi connectivity index (χ3v) is 3.91. The van der Waals surface area contributed by atoms with E-state index < -0.39 is 0 Å². The molecule has 2 rings (SSSR count). The van der Waals surface area contributed by atoms with Gasteiger partial charge in [0.05, 0.1) is 4.34 Å². The van der Waals surface area contributed by atoms with Crippen LogP contribution in [0.2, 0.25) is 4.34 Å². The Morgan fingerprint density at radius 1 is 1.22 bits per heavy atom. The van der Waals surface area contributed by atoms with E-state index >= 15 is 0 Å². The van der Waals surface area contributed by atoms with Crippen LogP contribution in [0.4, 0.5) is 0 Å². The highest BCUT2D eigenvalue weighted by molar-refractivity contribution is 7.16. The van der Waals surface area contributed by atoms with Gasteiger partial charge >= 0.3 is 0 Å². The lowest BCUT2D eigenvalue weighted by Crippen LogP contribution is -2.16. The van der Waals surface area contributed by atoms with Gasteiger partial charge in [-0.15, -0.1) is 11.3 Å². The molecular weight excluding hydrogens is 266 g/mol. The molecule has 0 saturated carbocycles. The topological polar surface area (TPSA) is 43.1 Å². The van der Waals surface area contributed by atoms with Gasteiger partial charge in [-0.3, -0.25) is 4.79 Å². The molecule has 2 N–H and O–H groups in total. The summed E-state index contributed by atoms with van der Waals surface area (Å²) >= 11 is 7.27. The summed E-state index contributed by atoms with van der Waals surface area (Å²) in [7, 11) is 0. The highest BCUT2D eigenvalue weighted by atomic mass is 35.5. The molecule has 0 saturated heterocycles. The second-order valence-corrected chi connectivity index (χ2v) is 5.94. The van der Waals surface area contributed by atoms with Gasteiger partial charge in [0.2, 0.25) is 0 Å². The van der Waals surface area contributed by atoms with Crippen LogP contribution in [0.15, 0.2) is 42.5 Å². The van der Waals surface area contributed by atoms with E-state index in [4.69, 9.17) is 17.3 Å². The summed E-state index contributed by atoms with van der Waals surface area (Å²) in [5.41, 5.74) is 7.01. The Labute approximate surface area is 115 Å². The highest BCUT2D eigenvalue weighted by Crippen LogP contribution is 2.23. The summed E-state index contributed by atoms with van der Waals surface area (Å²) in [4.78, 5) is 12.9. The van der Waals surface area contributed by atoms with Crippen molar-refractivity contribution in [3.05, 3.63) is 57.2 Å². The van der Waals surface area contributed by atoms with Crippen LogP contribution in [-0.2, 0) is 11.2 Å². The number of rotatable bonds is 5. The zero-order valence-corrected chi connectivity index (χ0v) is 11.4. The maximum absolute atomic E-state index is 11.9. The molecular formula is C14H14ClNOS. The van der Waals surface area contributed by atoms with Crippen LogP contribution in [0, 0.1) is 0 Å². The first-order valence-corrected chi connectivity index (χ1v) is 6.91. The lowest BCUT2D eigenvalue weighted by molar-refractivity contribution is -0.118. The van der Waals surface area contributed by atoms with Crippen LogP contribution in [-0.4, -0.2) is 5.78 Å². The summed E-state index contributed by atoms with van der Waals surface area (Å²) in [5.74, 6) is 0.143. The molecule has 0 amide bonds. The number of thiophene rings is 1. The van der Waals surface area contributed by atoms with Gasteiger partial charge < -0.3 is 5.73 Å². The number of hydrogen-bond donors (Lipinski definition) is 1. The average molecular weight is 280 g/mol. The van der Waals surface area contributed by atoms with Gasteiger partial charge in [0.15, 0.2) is 0 Å². The van der Waals surface area contributed by atoms with E-state index in [1.165, 1.54) is 11.3 Å². The minimum Gasteiger partial charge on any atom is -0.324 e. The molecule has 0 fully saturated rings. The Morgan fingerprint density at radius 3 is 2.56 bits per heavy atom.